The largest absolute Gasteiger partial charge is 0.494 e. The number of amides is 3. The van der Waals surface area contributed by atoms with Crippen LogP contribution in [-0.4, -0.2) is 42.6 Å². The zero-order chi connectivity index (χ0) is 22.2. The van der Waals surface area contributed by atoms with E-state index in [1.165, 1.54) is 0 Å². The van der Waals surface area contributed by atoms with Gasteiger partial charge in [-0.1, -0.05) is 24.3 Å². The summed E-state index contributed by atoms with van der Waals surface area (Å²) in [7, 11) is 0. The van der Waals surface area contributed by atoms with Gasteiger partial charge >= 0.3 is 6.03 Å². The number of carbonyl (C=O) groups is 2. The van der Waals surface area contributed by atoms with Gasteiger partial charge in [0.15, 0.2) is 0 Å². The lowest BCUT2D eigenvalue weighted by molar-refractivity contribution is 0.0950. The number of carbonyl (C=O) groups excluding carboxylic acids is 2. The standard InChI is InChI=1S/C25H33N3O3/c1-4-31-23-12-10-19(11-13-23)16-26-24(29)21-8-5-7-20(15-21)22-9-6-14-28(17-22)25(30)27-18(2)3/h5,7-8,10-13,15,18,22H,4,6,9,14,16-17H2,1-3H3,(H,26,29)(H,27,30)/t22-/m1/s1. The first kappa shape index (κ1) is 22.7. The van der Waals surface area contributed by atoms with E-state index in [9.17, 15) is 9.59 Å². The molecule has 2 aromatic carbocycles. The molecule has 0 radical (unpaired) electrons. The molecule has 2 N–H and O–H groups in total. The Morgan fingerprint density at radius 1 is 1.16 bits per heavy atom. The minimum absolute atomic E-state index is 0.0102. The Labute approximate surface area is 185 Å². The molecule has 0 aliphatic carbocycles. The molecule has 0 saturated carbocycles. The minimum atomic E-state index is -0.0963. The van der Waals surface area contributed by atoms with Gasteiger partial charge in [-0.25, -0.2) is 4.79 Å². The van der Waals surface area contributed by atoms with Crippen molar-refractivity contribution in [1.29, 1.82) is 0 Å². The molecule has 3 rings (SSSR count). The van der Waals surface area contributed by atoms with Crippen LogP contribution in [0, 0.1) is 0 Å². The maximum atomic E-state index is 12.7. The number of ether oxygens (including phenoxy) is 1. The first-order valence-electron chi connectivity index (χ1n) is 11.1. The maximum absolute atomic E-state index is 12.7. The second-order valence-electron chi connectivity index (χ2n) is 8.27. The van der Waals surface area contributed by atoms with Crippen molar-refractivity contribution in [3.8, 4) is 5.75 Å². The van der Waals surface area contributed by atoms with E-state index in [0.717, 1.165) is 36.3 Å². The smallest absolute Gasteiger partial charge is 0.317 e. The van der Waals surface area contributed by atoms with E-state index < -0.39 is 0 Å². The Morgan fingerprint density at radius 2 is 1.94 bits per heavy atom. The lowest BCUT2D eigenvalue weighted by atomic mass is 9.89. The van der Waals surface area contributed by atoms with Crippen LogP contribution < -0.4 is 15.4 Å². The van der Waals surface area contributed by atoms with Gasteiger partial charge in [-0.15, -0.1) is 0 Å². The molecule has 1 atom stereocenters. The molecule has 0 unspecified atom stereocenters. The van der Waals surface area contributed by atoms with Gasteiger partial charge in [-0.3, -0.25) is 4.79 Å². The van der Waals surface area contributed by atoms with Gasteiger partial charge < -0.3 is 20.3 Å². The van der Waals surface area contributed by atoms with Crippen LogP contribution in [0.15, 0.2) is 48.5 Å². The lowest BCUT2D eigenvalue weighted by Crippen LogP contribution is -2.47. The van der Waals surface area contributed by atoms with Gasteiger partial charge in [0.25, 0.3) is 5.91 Å². The van der Waals surface area contributed by atoms with E-state index in [2.05, 4.69) is 16.7 Å². The zero-order valence-electron chi connectivity index (χ0n) is 18.7. The van der Waals surface area contributed by atoms with E-state index in [1.54, 1.807) is 0 Å². The fourth-order valence-electron chi connectivity index (χ4n) is 3.86. The highest BCUT2D eigenvalue weighted by Crippen LogP contribution is 2.27. The number of rotatable bonds is 7. The Hall–Kier alpha value is -3.02. The molecule has 3 amide bonds. The Morgan fingerprint density at radius 3 is 2.65 bits per heavy atom. The van der Waals surface area contributed by atoms with Gasteiger partial charge in [0.1, 0.15) is 5.75 Å². The maximum Gasteiger partial charge on any atom is 0.317 e. The molecule has 6 heteroatoms. The molecule has 2 aromatic rings. The third kappa shape index (κ3) is 6.48. The van der Waals surface area contributed by atoms with Gasteiger partial charge in [0, 0.05) is 37.2 Å². The molecule has 31 heavy (non-hydrogen) atoms. The number of nitrogens with one attached hydrogen (secondary N) is 2. The molecule has 1 saturated heterocycles. The Bertz CT molecular complexity index is 880. The summed E-state index contributed by atoms with van der Waals surface area (Å²) in [6.45, 7) is 8.43. The van der Waals surface area contributed by atoms with Crippen LogP contribution in [0.5, 0.6) is 5.75 Å². The summed E-state index contributed by atoms with van der Waals surface area (Å²) < 4.78 is 5.45. The van der Waals surface area contributed by atoms with Crippen LogP contribution in [-0.2, 0) is 6.54 Å². The first-order valence-corrected chi connectivity index (χ1v) is 11.1. The van der Waals surface area contributed by atoms with Crippen molar-refractivity contribution in [3.05, 3.63) is 65.2 Å². The van der Waals surface area contributed by atoms with Crippen LogP contribution in [0.4, 0.5) is 4.79 Å². The average molecular weight is 424 g/mol. The molecule has 0 aromatic heterocycles. The van der Waals surface area contributed by atoms with E-state index in [4.69, 9.17) is 4.74 Å². The van der Waals surface area contributed by atoms with Gasteiger partial charge in [-0.05, 0) is 69.0 Å². The van der Waals surface area contributed by atoms with Crippen molar-refractivity contribution in [3.63, 3.8) is 0 Å². The van der Waals surface area contributed by atoms with Gasteiger partial charge in [-0.2, -0.15) is 0 Å². The van der Waals surface area contributed by atoms with E-state index in [0.29, 0.717) is 25.3 Å². The average Bonchev–Trinajstić information content (AvgIpc) is 2.78. The number of nitrogens with zero attached hydrogens (tertiary/aromatic N) is 1. The van der Waals surface area contributed by atoms with Crippen molar-refractivity contribution in [2.75, 3.05) is 19.7 Å². The molecular formula is C25H33N3O3. The summed E-state index contributed by atoms with van der Waals surface area (Å²) in [5, 5.41) is 5.96. The predicted molar refractivity (Wildman–Crippen MR) is 122 cm³/mol. The molecule has 1 fully saturated rings. The SMILES string of the molecule is CCOc1ccc(CNC(=O)c2cccc([C@@H]3CCCN(C(=O)NC(C)C)C3)c2)cc1. The summed E-state index contributed by atoms with van der Waals surface area (Å²) in [4.78, 5) is 27.0. The lowest BCUT2D eigenvalue weighted by Gasteiger charge is -2.33. The summed E-state index contributed by atoms with van der Waals surface area (Å²) in [6, 6.07) is 15.6. The highest BCUT2D eigenvalue weighted by molar-refractivity contribution is 5.94. The minimum Gasteiger partial charge on any atom is -0.494 e. The summed E-state index contributed by atoms with van der Waals surface area (Å²) in [6.07, 6.45) is 1.98. The third-order valence-electron chi connectivity index (χ3n) is 5.43. The first-order chi connectivity index (χ1) is 15.0. The molecular weight excluding hydrogens is 390 g/mol. The van der Waals surface area contributed by atoms with Crippen LogP contribution >= 0.6 is 0 Å². The van der Waals surface area contributed by atoms with Crippen LogP contribution in [0.25, 0.3) is 0 Å². The highest BCUT2D eigenvalue weighted by atomic mass is 16.5. The van der Waals surface area contributed by atoms with Crippen LogP contribution in [0.3, 0.4) is 0 Å². The summed E-state index contributed by atoms with van der Waals surface area (Å²) >= 11 is 0. The normalized spacial score (nSPS) is 16.1. The number of hydrogen-bond donors (Lipinski definition) is 2. The van der Waals surface area contributed by atoms with Crippen molar-refractivity contribution in [1.82, 2.24) is 15.5 Å². The number of likely N-dealkylation sites (tertiary alicyclic amines) is 1. The monoisotopic (exact) mass is 423 g/mol. The fourth-order valence-corrected chi connectivity index (χ4v) is 3.86. The van der Waals surface area contributed by atoms with Gasteiger partial charge in [0.05, 0.1) is 6.61 Å². The molecule has 0 spiro atoms. The Kier molecular flexibility index (Phi) is 7.93. The number of piperidine rings is 1. The van der Waals surface area contributed by atoms with Gasteiger partial charge in [0.2, 0.25) is 0 Å². The fraction of sp³-hybridized carbons (Fsp3) is 0.440. The van der Waals surface area contributed by atoms with Crippen molar-refractivity contribution in [2.24, 2.45) is 0 Å². The molecule has 6 nitrogen and oxygen atoms in total. The van der Waals surface area contributed by atoms with Crippen LogP contribution in [0.2, 0.25) is 0 Å². The van der Waals surface area contributed by atoms with Crippen LogP contribution in [0.1, 0.15) is 61.0 Å². The number of hydrogen-bond acceptors (Lipinski definition) is 3. The second-order valence-corrected chi connectivity index (χ2v) is 8.27. The highest BCUT2D eigenvalue weighted by Gasteiger charge is 2.25. The van der Waals surface area contributed by atoms with Crippen molar-refractivity contribution in [2.45, 2.75) is 52.1 Å². The third-order valence-corrected chi connectivity index (χ3v) is 5.43. The summed E-state index contributed by atoms with van der Waals surface area (Å²) in [5.74, 6) is 0.973. The molecule has 1 aliphatic rings. The molecule has 1 heterocycles. The molecule has 166 valence electrons. The second kappa shape index (κ2) is 10.8. The van der Waals surface area contributed by atoms with E-state index in [1.807, 2.05) is 68.1 Å². The molecule has 0 bridgehead atoms. The van der Waals surface area contributed by atoms with E-state index >= 15 is 0 Å². The van der Waals surface area contributed by atoms with E-state index in [-0.39, 0.29) is 23.9 Å². The van der Waals surface area contributed by atoms with Crippen molar-refractivity contribution < 1.29 is 14.3 Å². The number of urea groups is 1. The quantitative estimate of drug-likeness (QED) is 0.697. The topological polar surface area (TPSA) is 70.7 Å². The predicted octanol–water partition coefficient (Wildman–Crippen LogP) is 4.31. The van der Waals surface area contributed by atoms with Crippen molar-refractivity contribution >= 4 is 11.9 Å². The zero-order valence-corrected chi connectivity index (χ0v) is 18.7. The Balaban J connectivity index is 1.60. The number of benzene rings is 2. The molecule has 1 aliphatic heterocycles. The summed E-state index contributed by atoms with van der Waals surface area (Å²) in [5.41, 5.74) is 2.77.